The van der Waals surface area contributed by atoms with Gasteiger partial charge in [0, 0.05) is 19.6 Å². The van der Waals surface area contributed by atoms with Gasteiger partial charge in [0.1, 0.15) is 18.1 Å². The van der Waals surface area contributed by atoms with Gasteiger partial charge in [-0.2, -0.15) is 4.31 Å². The fraction of sp³-hybridized carbons (Fsp3) is 0.400. The maximum absolute atomic E-state index is 12.5. The molecule has 164 valence electrons. The molecule has 0 saturated carbocycles. The molecule has 30 heavy (non-hydrogen) atoms. The van der Waals surface area contributed by atoms with E-state index in [1.807, 2.05) is 6.92 Å². The van der Waals surface area contributed by atoms with Crippen molar-refractivity contribution in [3.05, 3.63) is 48.5 Å². The quantitative estimate of drug-likeness (QED) is 0.553. The van der Waals surface area contributed by atoms with Crippen LogP contribution < -0.4 is 14.2 Å². The molecule has 0 atom stereocenters. The van der Waals surface area contributed by atoms with E-state index in [2.05, 4.69) is 4.72 Å². The molecule has 0 bridgehead atoms. The minimum absolute atomic E-state index is 0.0728. The Labute approximate surface area is 177 Å². The van der Waals surface area contributed by atoms with Crippen LogP contribution in [-0.2, 0) is 20.0 Å². The second-order valence-electron chi connectivity index (χ2n) is 6.73. The zero-order chi connectivity index (χ0) is 21.6. The predicted octanol–water partition coefficient (Wildman–Crippen LogP) is 2.23. The van der Waals surface area contributed by atoms with Crippen LogP contribution in [-0.4, -0.2) is 54.0 Å². The van der Waals surface area contributed by atoms with Crippen molar-refractivity contribution in [3.63, 3.8) is 0 Å². The van der Waals surface area contributed by atoms with Crippen molar-refractivity contribution < 1.29 is 26.3 Å². The summed E-state index contributed by atoms with van der Waals surface area (Å²) in [6, 6.07) is 12.3. The minimum atomic E-state index is -3.65. The number of nitrogens with zero attached hydrogens (tertiary/aromatic N) is 1. The van der Waals surface area contributed by atoms with Crippen LogP contribution in [0.3, 0.4) is 0 Å². The zero-order valence-corrected chi connectivity index (χ0v) is 18.4. The van der Waals surface area contributed by atoms with Crippen molar-refractivity contribution in [2.45, 2.75) is 29.6 Å². The fourth-order valence-corrected chi connectivity index (χ4v) is 5.63. The highest BCUT2D eigenvalue weighted by molar-refractivity contribution is 7.89. The van der Waals surface area contributed by atoms with Gasteiger partial charge in [-0.3, -0.25) is 0 Å². The van der Waals surface area contributed by atoms with Gasteiger partial charge >= 0.3 is 0 Å². The second kappa shape index (κ2) is 9.78. The van der Waals surface area contributed by atoms with Gasteiger partial charge in [0.05, 0.1) is 16.4 Å². The Morgan fingerprint density at radius 1 is 0.833 bits per heavy atom. The molecule has 1 N–H and O–H groups in total. The van der Waals surface area contributed by atoms with E-state index in [9.17, 15) is 16.8 Å². The summed E-state index contributed by atoms with van der Waals surface area (Å²) in [5.74, 6) is 1.07. The van der Waals surface area contributed by atoms with Crippen molar-refractivity contribution in [3.8, 4) is 11.5 Å². The molecule has 2 aromatic carbocycles. The van der Waals surface area contributed by atoms with Gasteiger partial charge in [-0.1, -0.05) is 0 Å². The first-order valence-corrected chi connectivity index (χ1v) is 12.7. The van der Waals surface area contributed by atoms with Gasteiger partial charge in [-0.15, -0.1) is 0 Å². The summed E-state index contributed by atoms with van der Waals surface area (Å²) in [6.45, 7) is 3.64. The first-order valence-electron chi connectivity index (χ1n) is 9.78. The van der Waals surface area contributed by atoms with Crippen molar-refractivity contribution in [1.29, 1.82) is 0 Å². The Hall–Kier alpha value is -2.14. The van der Waals surface area contributed by atoms with E-state index in [4.69, 9.17) is 9.47 Å². The lowest BCUT2D eigenvalue weighted by Crippen LogP contribution is -2.28. The smallest absolute Gasteiger partial charge is 0.243 e. The van der Waals surface area contributed by atoms with E-state index in [0.717, 1.165) is 12.8 Å². The molecule has 0 spiro atoms. The number of benzene rings is 2. The molecular formula is C20H26N2O6S2. The van der Waals surface area contributed by atoms with E-state index >= 15 is 0 Å². The fourth-order valence-electron chi connectivity index (χ4n) is 3.10. The lowest BCUT2D eigenvalue weighted by atomic mass is 10.3. The standard InChI is InChI=1S/C20H26N2O6S2/c1-2-27-17-5-9-19(10-6-17)29(23,24)21-13-16-28-18-7-11-20(12-8-18)30(25,26)22-14-3-4-15-22/h5-12,21H,2-4,13-16H2,1H3. The largest absolute Gasteiger partial charge is 0.494 e. The number of nitrogens with one attached hydrogen (secondary N) is 1. The van der Waals surface area contributed by atoms with E-state index in [0.29, 0.717) is 31.2 Å². The van der Waals surface area contributed by atoms with Gasteiger partial charge in [0.2, 0.25) is 20.0 Å². The lowest BCUT2D eigenvalue weighted by molar-refractivity contribution is 0.322. The maximum Gasteiger partial charge on any atom is 0.243 e. The predicted molar refractivity (Wildman–Crippen MR) is 113 cm³/mol. The molecule has 0 unspecified atom stereocenters. The monoisotopic (exact) mass is 454 g/mol. The van der Waals surface area contributed by atoms with Gasteiger partial charge in [-0.05, 0) is 68.3 Å². The first-order chi connectivity index (χ1) is 14.3. The minimum Gasteiger partial charge on any atom is -0.494 e. The Morgan fingerprint density at radius 2 is 1.37 bits per heavy atom. The number of hydrogen-bond acceptors (Lipinski definition) is 6. The molecule has 0 aromatic heterocycles. The van der Waals surface area contributed by atoms with E-state index in [1.54, 1.807) is 24.3 Å². The van der Waals surface area contributed by atoms with Crippen LogP contribution in [0.4, 0.5) is 0 Å². The van der Waals surface area contributed by atoms with Crippen molar-refractivity contribution in [2.24, 2.45) is 0 Å². The summed E-state index contributed by atoms with van der Waals surface area (Å²) in [7, 11) is -7.11. The maximum atomic E-state index is 12.5. The number of ether oxygens (including phenoxy) is 2. The van der Waals surface area contributed by atoms with Crippen LogP contribution in [0.2, 0.25) is 0 Å². The molecule has 10 heteroatoms. The van der Waals surface area contributed by atoms with Crippen LogP contribution in [0.25, 0.3) is 0 Å². The van der Waals surface area contributed by atoms with Gasteiger partial charge in [-0.25, -0.2) is 21.6 Å². The summed E-state index contributed by atoms with van der Waals surface area (Å²) >= 11 is 0. The molecule has 2 aromatic rings. The van der Waals surface area contributed by atoms with Crippen molar-refractivity contribution >= 4 is 20.0 Å². The Balaban J connectivity index is 1.50. The molecule has 3 rings (SSSR count). The molecule has 1 aliphatic rings. The van der Waals surface area contributed by atoms with Crippen LogP contribution in [0.15, 0.2) is 58.3 Å². The third-order valence-electron chi connectivity index (χ3n) is 4.63. The zero-order valence-electron chi connectivity index (χ0n) is 16.8. The van der Waals surface area contributed by atoms with Crippen molar-refractivity contribution in [2.75, 3.05) is 32.8 Å². The molecule has 0 radical (unpaired) electrons. The normalized spacial score (nSPS) is 15.2. The summed E-state index contributed by atoms with van der Waals surface area (Å²) in [4.78, 5) is 0.371. The SMILES string of the molecule is CCOc1ccc(S(=O)(=O)NCCOc2ccc(S(=O)(=O)N3CCCC3)cc2)cc1. The van der Waals surface area contributed by atoms with E-state index in [1.165, 1.54) is 28.6 Å². The van der Waals surface area contributed by atoms with Crippen LogP contribution in [0.5, 0.6) is 11.5 Å². The Kier molecular flexibility index (Phi) is 7.35. The topological polar surface area (TPSA) is 102 Å². The third kappa shape index (κ3) is 5.51. The Bertz CT molecular complexity index is 1030. The van der Waals surface area contributed by atoms with Gasteiger partial charge in [0.15, 0.2) is 0 Å². The summed E-state index contributed by atoms with van der Waals surface area (Å²) in [6.07, 6.45) is 1.76. The lowest BCUT2D eigenvalue weighted by Gasteiger charge is -2.15. The van der Waals surface area contributed by atoms with Crippen LogP contribution in [0, 0.1) is 0 Å². The van der Waals surface area contributed by atoms with Crippen LogP contribution >= 0.6 is 0 Å². The average molecular weight is 455 g/mol. The summed E-state index contributed by atoms with van der Waals surface area (Å²) < 4.78 is 64.4. The van der Waals surface area contributed by atoms with Gasteiger partial charge in [0.25, 0.3) is 0 Å². The highest BCUT2D eigenvalue weighted by atomic mass is 32.2. The molecule has 8 nitrogen and oxygen atoms in total. The van der Waals surface area contributed by atoms with Crippen LogP contribution in [0.1, 0.15) is 19.8 Å². The number of sulfonamides is 2. The third-order valence-corrected chi connectivity index (χ3v) is 8.02. The molecule has 1 aliphatic heterocycles. The highest BCUT2D eigenvalue weighted by Gasteiger charge is 2.26. The molecule has 0 aliphatic carbocycles. The molecule has 1 fully saturated rings. The summed E-state index contributed by atoms with van der Waals surface area (Å²) in [5, 5.41) is 0. The molecular weight excluding hydrogens is 428 g/mol. The van der Waals surface area contributed by atoms with Gasteiger partial charge < -0.3 is 9.47 Å². The average Bonchev–Trinajstić information content (AvgIpc) is 3.28. The first kappa shape index (κ1) is 22.5. The number of rotatable bonds is 10. The number of hydrogen-bond donors (Lipinski definition) is 1. The second-order valence-corrected chi connectivity index (χ2v) is 10.4. The van der Waals surface area contributed by atoms with E-state index in [-0.39, 0.29) is 22.9 Å². The molecule has 1 saturated heterocycles. The van der Waals surface area contributed by atoms with Crippen molar-refractivity contribution in [1.82, 2.24) is 9.03 Å². The molecule has 1 heterocycles. The Morgan fingerprint density at radius 3 is 1.93 bits per heavy atom. The highest BCUT2D eigenvalue weighted by Crippen LogP contribution is 2.23. The summed E-state index contributed by atoms with van der Waals surface area (Å²) in [5.41, 5.74) is 0. The van der Waals surface area contributed by atoms with E-state index < -0.39 is 20.0 Å². The molecule has 0 amide bonds.